The molecule has 2 aromatic carbocycles. The number of alkyl halides is 3. The van der Waals surface area contributed by atoms with Crippen LogP contribution in [0.25, 0.3) is 6.08 Å². The number of carbonyl (C=O) groups excluding carboxylic acids is 1. The van der Waals surface area contributed by atoms with E-state index in [1.54, 1.807) is 0 Å². The lowest BCUT2D eigenvalue weighted by Gasteiger charge is -2.23. The molecule has 4 rings (SSSR count). The van der Waals surface area contributed by atoms with Crippen molar-refractivity contribution in [3.05, 3.63) is 57.6 Å². The molecule has 0 fully saturated rings. The zero-order valence-corrected chi connectivity index (χ0v) is 16.1. The third-order valence-corrected chi connectivity index (χ3v) is 4.52. The zero-order chi connectivity index (χ0) is 22.9. The highest BCUT2D eigenvalue weighted by molar-refractivity contribution is 5.88. The number of esters is 1. The van der Waals surface area contributed by atoms with Gasteiger partial charge in [0.25, 0.3) is 5.69 Å². The molecule has 0 spiro atoms. The summed E-state index contributed by atoms with van der Waals surface area (Å²) in [5.41, 5.74) is -0.853. The summed E-state index contributed by atoms with van der Waals surface area (Å²) >= 11 is 0. The van der Waals surface area contributed by atoms with Gasteiger partial charge in [0.15, 0.2) is 23.0 Å². The quantitative estimate of drug-likeness (QED) is 0.290. The molecule has 2 heterocycles. The molecule has 1 unspecified atom stereocenters. The number of nitro benzene ring substituents is 1. The van der Waals surface area contributed by atoms with E-state index in [4.69, 9.17) is 18.9 Å². The van der Waals surface area contributed by atoms with Crippen molar-refractivity contribution in [2.24, 2.45) is 0 Å². The van der Waals surface area contributed by atoms with Gasteiger partial charge in [-0.1, -0.05) is 6.07 Å². The molecule has 1 atom stereocenters. The van der Waals surface area contributed by atoms with E-state index in [9.17, 15) is 28.1 Å². The van der Waals surface area contributed by atoms with Crippen molar-refractivity contribution >= 4 is 17.7 Å². The number of halogens is 3. The minimum Gasteiger partial charge on any atom is -0.486 e. The van der Waals surface area contributed by atoms with Crippen molar-refractivity contribution in [1.29, 1.82) is 0 Å². The minimum absolute atomic E-state index is 0.0703. The van der Waals surface area contributed by atoms with Crippen molar-refractivity contribution in [3.63, 3.8) is 0 Å². The zero-order valence-electron chi connectivity index (χ0n) is 16.1. The first-order valence-corrected chi connectivity index (χ1v) is 9.15. The summed E-state index contributed by atoms with van der Waals surface area (Å²) < 4.78 is 66.1. The molecule has 9 nitrogen and oxygen atoms in total. The number of rotatable bonds is 5. The number of hydrogen-bond donors (Lipinski definition) is 0. The normalized spacial score (nSPS) is 15.5. The lowest BCUT2D eigenvalue weighted by atomic mass is 10.1. The van der Waals surface area contributed by atoms with E-state index in [0.29, 0.717) is 6.08 Å². The maximum absolute atomic E-state index is 13.6. The maximum Gasteiger partial charge on any atom is 0.429 e. The van der Waals surface area contributed by atoms with Crippen LogP contribution in [0.4, 0.5) is 18.9 Å². The molecule has 0 N–H and O–H groups in total. The molecule has 0 saturated heterocycles. The van der Waals surface area contributed by atoms with Crippen LogP contribution in [0.3, 0.4) is 0 Å². The highest BCUT2D eigenvalue weighted by Crippen LogP contribution is 2.41. The molecule has 0 aliphatic carbocycles. The number of fused-ring (bicyclic) bond motifs is 2. The van der Waals surface area contributed by atoms with E-state index in [1.807, 2.05) is 0 Å². The standard InChI is InChI=1S/C20H14F3NO8/c21-20(22,23)19(12-1-3-14-15(8-12)29-6-5-28-14)32-18(25)4-2-11-7-16-17(31-10-30-16)9-13(11)24(26)27/h1-4,7-9,19H,5-6,10H2. The summed E-state index contributed by atoms with van der Waals surface area (Å²) in [6.07, 6.45) is -5.86. The first-order valence-electron chi connectivity index (χ1n) is 9.15. The van der Waals surface area contributed by atoms with Crippen LogP contribution >= 0.6 is 0 Å². The predicted octanol–water partition coefficient (Wildman–Crippen LogP) is 3.95. The van der Waals surface area contributed by atoms with Gasteiger partial charge >= 0.3 is 12.1 Å². The largest absolute Gasteiger partial charge is 0.486 e. The minimum atomic E-state index is -4.92. The number of nitrogens with zero attached hydrogens (tertiary/aromatic N) is 1. The molecule has 12 heteroatoms. The predicted molar refractivity (Wildman–Crippen MR) is 101 cm³/mol. The number of carbonyl (C=O) groups is 1. The second-order valence-electron chi connectivity index (χ2n) is 6.62. The Labute approximate surface area is 178 Å². The lowest BCUT2D eigenvalue weighted by molar-refractivity contribution is -0.385. The van der Waals surface area contributed by atoms with Gasteiger partial charge in [-0.3, -0.25) is 10.1 Å². The van der Waals surface area contributed by atoms with Gasteiger partial charge in [-0.25, -0.2) is 4.79 Å². The fraction of sp³-hybridized carbons (Fsp3) is 0.250. The Balaban J connectivity index is 1.56. The molecule has 0 bridgehead atoms. The highest BCUT2D eigenvalue weighted by Gasteiger charge is 2.44. The molecule has 2 aliphatic heterocycles. The van der Waals surface area contributed by atoms with E-state index in [1.165, 1.54) is 12.1 Å². The van der Waals surface area contributed by atoms with E-state index < -0.39 is 28.9 Å². The molecular weight excluding hydrogens is 439 g/mol. The molecule has 0 radical (unpaired) electrons. The summed E-state index contributed by atoms with van der Waals surface area (Å²) in [5, 5.41) is 11.3. The van der Waals surface area contributed by atoms with Gasteiger partial charge < -0.3 is 23.7 Å². The van der Waals surface area contributed by atoms with Crippen molar-refractivity contribution in [2.45, 2.75) is 12.3 Å². The maximum atomic E-state index is 13.6. The lowest BCUT2D eigenvalue weighted by Crippen LogP contribution is -2.26. The van der Waals surface area contributed by atoms with Crippen LogP contribution < -0.4 is 18.9 Å². The number of ether oxygens (including phenoxy) is 5. The topological polar surface area (TPSA) is 106 Å². The van der Waals surface area contributed by atoms with E-state index in [-0.39, 0.29) is 54.1 Å². The molecule has 168 valence electrons. The fourth-order valence-electron chi connectivity index (χ4n) is 3.10. The van der Waals surface area contributed by atoms with Gasteiger partial charge in [0.2, 0.25) is 12.9 Å². The van der Waals surface area contributed by atoms with Crippen molar-refractivity contribution < 1.29 is 46.6 Å². The van der Waals surface area contributed by atoms with Crippen LogP contribution in [-0.4, -0.2) is 37.1 Å². The van der Waals surface area contributed by atoms with Gasteiger partial charge in [-0.2, -0.15) is 13.2 Å². The SMILES string of the molecule is O=C(C=Cc1cc2c(cc1[N+](=O)[O-])OCO2)OC(c1ccc2c(c1)OCCO2)C(F)(F)F. The number of nitro groups is 1. The summed E-state index contributed by atoms with van der Waals surface area (Å²) in [7, 11) is 0. The first kappa shape index (κ1) is 21.3. The fourth-order valence-corrected chi connectivity index (χ4v) is 3.10. The monoisotopic (exact) mass is 453 g/mol. The van der Waals surface area contributed by atoms with Crippen LogP contribution in [-0.2, 0) is 9.53 Å². The third kappa shape index (κ3) is 4.38. The Morgan fingerprint density at radius 3 is 2.38 bits per heavy atom. The van der Waals surface area contributed by atoms with E-state index in [2.05, 4.69) is 4.74 Å². The van der Waals surface area contributed by atoms with Crippen molar-refractivity contribution in [2.75, 3.05) is 20.0 Å². The molecule has 0 amide bonds. The second-order valence-corrected chi connectivity index (χ2v) is 6.62. The Hall–Kier alpha value is -3.96. The second kappa shape index (κ2) is 8.29. The number of benzene rings is 2. The Morgan fingerprint density at radius 1 is 1.03 bits per heavy atom. The van der Waals surface area contributed by atoms with Crippen LogP contribution in [0.15, 0.2) is 36.4 Å². The van der Waals surface area contributed by atoms with Crippen LogP contribution in [0.2, 0.25) is 0 Å². The average molecular weight is 453 g/mol. The Bertz CT molecular complexity index is 1100. The van der Waals surface area contributed by atoms with E-state index >= 15 is 0 Å². The summed E-state index contributed by atoms with van der Waals surface area (Å²) in [6.45, 7) is 0.301. The van der Waals surface area contributed by atoms with Gasteiger partial charge in [0.05, 0.1) is 16.6 Å². The number of hydrogen-bond acceptors (Lipinski definition) is 8. The van der Waals surface area contributed by atoms with Crippen molar-refractivity contribution in [3.8, 4) is 23.0 Å². The van der Waals surface area contributed by atoms with E-state index in [0.717, 1.165) is 24.3 Å². The molecule has 2 aromatic rings. The Kier molecular flexibility index (Phi) is 5.51. The average Bonchev–Trinajstić information content (AvgIpc) is 3.21. The highest BCUT2D eigenvalue weighted by atomic mass is 19.4. The van der Waals surface area contributed by atoms with Crippen LogP contribution in [0.1, 0.15) is 17.2 Å². The smallest absolute Gasteiger partial charge is 0.429 e. The van der Waals surface area contributed by atoms with Crippen LogP contribution in [0.5, 0.6) is 23.0 Å². The summed E-state index contributed by atoms with van der Waals surface area (Å²) in [6, 6.07) is 5.84. The molecule has 2 aliphatic rings. The van der Waals surface area contributed by atoms with Crippen LogP contribution in [0, 0.1) is 10.1 Å². The van der Waals surface area contributed by atoms with Crippen molar-refractivity contribution in [1.82, 2.24) is 0 Å². The molecular formula is C20H14F3NO8. The van der Waals surface area contributed by atoms with Gasteiger partial charge in [0.1, 0.15) is 13.2 Å². The molecule has 32 heavy (non-hydrogen) atoms. The van der Waals surface area contributed by atoms with Gasteiger partial charge in [-0.05, 0) is 24.3 Å². The molecule has 0 aromatic heterocycles. The third-order valence-electron chi connectivity index (χ3n) is 4.52. The summed E-state index contributed by atoms with van der Waals surface area (Å²) in [4.78, 5) is 22.7. The summed E-state index contributed by atoms with van der Waals surface area (Å²) in [5.74, 6) is -0.623. The van der Waals surface area contributed by atoms with Gasteiger partial charge in [0, 0.05) is 11.6 Å². The first-order chi connectivity index (χ1) is 15.2. The van der Waals surface area contributed by atoms with Gasteiger partial charge in [-0.15, -0.1) is 0 Å². The Morgan fingerprint density at radius 2 is 1.69 bits per heavy atom. The molecule has 0 saturated carbocycles.